The van der Waals surface area contributed by atoms with Gasteiger partial charge in [-0.15, -0.1) is 4.80 Å². The number of rotatable bonds is 11. The maximum atomic E-state index is 14.9. The van der Waals surface area contributed by atoms with Gasteiger partial charge >= 0.3 is 5.69 Å². The van der Waals surface area contributed by atoms with Gasteiger partial charge < -0.3 is 14.2 Å². The van der Waals surface area contributed by atoms with E-state index in [1.54, 1.807) is 6.92 Å². The highest BCUT2D eigenvalue weighted by molar-refractivity contribution is 7.91. The number of benzene rings is 1. The van der Waals surface area contributed by atoms with E-state index >= 15 is 0 Å². The molecule has 2 bridgehead atoms. The maximum Gasteiger partial charge on any atom is 0.333 e. The molecule has 17 heteroatoms. The fourth-order valence-electron chi connectivity index (χ4n) is 6.91. The molecule has 3 atom stereocenters. The summed E-state index contributed by atoms with van der Waals surface area (Å²) in [6, 6.07) is 4.05. The number of aromatic nitrogens is 5. The summed E-state index contributed by atoms with van der Waals surface area (Å²) in [7, 11) is -2.64. The van der Waals surface area contributed by atoms with Crippen LogP contribution in [0.1, 0.15) is 76.5 Å². The monoisotopic (exact) mass is 730 g/mol. The van der Waals surface area contributed by atoms with Crippen molar-refractivity contribution in [1.82, 2.24) is 28.9 Å². The topological polar surface area (TPSA) is 166 Å². The van der Waals surface area contributed by atoms with Crippen molar-refractivity contribution >= 4 is 37.5 Å². The first kappa shape index (κ1) is 34.5. The van der Waals surface area contributed by atoms with E-state index in [9.17, 15) is 27.2 Å². The number of sulfonamides is 1. The van der Waals surface area contributed by atoms with Gasteiger partial charge in [-0.05, 0) is 84.4 Å². The number of ether oxygens (including phenoxy) is 3. The number of nitrogens with zero attached hydrogens (tertiary/aromatic N) is 5. The summed E-state index contributed by atoms with van der Waals surface area (Å²) in [4.78, 5) is 44.5. The number of thiophene rings is 1. The van der Waals surface area contributed by atoms with Gasteiger partial charge in [-0.25, -0.2) is 22.2 Å². The number of hydrogen-bond donors (Lipinski definition) is 1. The lowest BCUT2D eigenvalue weighted by Crippen LogP contribution is -2.57. The van der Waals surface area contributed by atoms with E-state index in [1.807, 2.05) is 0 Å². The van der Waals surface area contributed by atoms with Crippen molar-refractivity contribution in [2.45, 2.75) is 107 Å². The summed E-state index contributed by atoms with van der Waals surface area (Å²) < 4.78 is 62.5. The lowest BCUT2D eigenvalue weighted by Gasteiger charge is -2.33. The number of nitrogens with one attached hydrogen (secondary N) is 1. The predicted octanol–water partition coefficient (Wildman–Crippen LogP) is 3.46. The van der Waals surface area contributed by atoms with Crippen molar-refractivity contribution in [3.8, 4) is 10.8 Å². The third kappa shape index (κ3) is 5.86. The lowest BCUT2D eigenvalue weighted by atomic mass is 10.0. The summed E-state index contributed by atoms with van der Waals surface area (Å²) in [5.41, 5.74) is -2.83. The normalized spacial score (nSPS) is 22.1. The van der Waals surface area contributed by atoms with Gasteiger partial charge in [-0.3, -0.25) is 18.9 Å². The van der Waals surface area contributed by atoms with E-state index in [0.29, 0.717) is 47.6 Å². The molecular formula is C33H39FN6O8S2. The van der Waals surface area contributed by atoms with Crippen LogP contribution in [0.25, 0.3) is 15.2 Å². The fourth-order valence-corrected chi connectivity index (χ4v) is 9.51. The first-order valence-electron chi connectivity index (χ1n) is 16.5. The first-order chi connectivity index (χ1) is 23.6. The van der Waals surface area contributed by atoms with Gasteiger partial charge in [0.2, 0.25) is 10.0 Å². The van der Waals surface area contributed by atoms with E-state index < -0.39 is 49.4 Å². The highest BCUT2D eigenvalue weighted by Gasteiger charge is 2.52. The van der Waals surface area contributed by atoms with Crippen LogP contribution >= 0.6 is 11.3 Å². The molecule has 3 fully saturated rings. The van der Waals surface area contributed by atoms with Crippen LogP contribution in [0, 0.1) is 12.7 Å². The third-order valence-electron chi connectivity index (χ3n) is 10.2. The molecule has 1 aliphatic carbocycles. The second-order valence-electron chi connectivity index (χ2n) is 14.1. The van der Waals surface area contributed by atoms with E-state index in [1.165, 1.54) is 67.8 Å². The van der Waals surface area contributed by atoms with Crippen LogP contribution in [-0.4, -0.2) is 68.6 Å². The van der Waals surface area contributed by atoms with Gasteiger partial charge in [-0.2, -0.15) is 10.2 Å². The second-order valence-corrected chi connectivity index (χ2v) is 17.2. The highest BCUT2D eigenvalue weighted by atomic mass is 32.2. The van der Waals surface area contributed by atoms with Gasteiger partial charge in [-0.1, -0.05) is 11.3 Å². The van der Waals surface area contributed by atoms with E-state index in [0.717, 1.165) is 28.7 Å². The van der Waals surface area contributed by atoms with Crippen LogP contribution in [0.3, 0.4) is 0 Å². The average molecular weight is 731 g/mol. The van der Waals surface area contributed by atoms with E-state index in [-0.39, 0.29) is 35.1 Å². The van der Waals surface area contributed by atoms with Crippen LogP contribution in [0.15, 0.2) is 40.2 Å². The minimum Gasteiger partial charge on any atom is -0.496 e. The van der Waals surface area contributed by atoms with Gasteiger partial charge in [0.15, 0.2) is 0 Å². The van der Waals surface area contributed by atoms with Crippen LogP contribution in [0.2, 0.25) is 0 Å². The molecule has 14 nitrogen and oxygen atoms in total. The molecule has 1 saturated carbocycles. The Morgan fingerprint density at radius 2 is 1.84 bits per heavy atom. The SMILES string of the molecule is COc1ccc(F)cc1[C@H](Cn1c(=O)n(C(C)(C)C(=O)NS(=O)(=O)C2(C)CC2)c(=O)c2c(C)c(-n3nccn3)sc21)OC1C[C@H]2CC[C@H](C1)O2. The molecule has 5 heterocycles. The van der Waals surface area contributed by atoms with Crippen molar-refractivity contribution in [3.05, 3.63) is 68.4 Å². The standard InChI is InChI=1S/C33H39FN6O8S2/c1-18-26-27(41)39(32(2,3)30(42)37-50(44,45)33(4)10-11-33)31(43)38(29(26)49-28(18)40-35-12-13-36-40)17-25(23-14-19(34)6-9-24(23)46-5)48-22-15-20-7-8-21(16-22)47-20/h6,9,12-14,20-22,25H,7-8,10-11,15-17H2,1-5H3,(H,37,42)/t20-,21-,25+/m1/s1. The molecule has 2 aliphatic heterocycles. The van der Waals surface area contributed by atoms with Crippen molar-refractivity contribution in [1.29, 1.82) is 0 Å². The molecule has 0 spiro atoms. The molecule has 2 saturated heterocycles. The molecule has 1 aromatic carbocycles. The van der Waals surface area contributed by atoms with Crippen LogP contribution in [0.4, 0.5) is 4.39 Å². The Morgan fingerprint density at radius 1 is 1.18 bits per heavy atom. The number of fused-ring (bicyclic) bond motifs is 3. The summed E-state index contributed by atoms with van der Waals surface area (Å²) in [6.45, 7) is 5.66. The molecule has 0 radical (unpaired) electrons. The quantitative estimate of drug-likeness (QED) is 0.242. The Hall–Kier alpha value is -3.93. The molecule has 268 valence electrons. The minimum absolute atomic E-state index is 0.0303. The average Bonchev–Trinajstić information content (AvgIpc) is 3.35. The number of carbonyl (C=O) groups excluding carboxylic acids is 1. The Balaban J connectivity index is 1.40. The smallest absolute Gasteiger partial charge is 0.333 e. The van der Waals surface area contributed by atoms with Crippen LogP contribution in [0.5, 0.6) is 5.75 Å². The van der Waals surface area contributed by atoms with Gasteiger partial charge in [0.25, 0.3) is 11.5 Å². The molecule has 0 unspecified atom stereocenters. The summed E-state index contributed by atoms with van der Waals surface area (Å²) in [5, 5.41) is 9.03. The second kappa shape index (κ2) is 12.4. The molecule has 1 amide bonds. The number of aryl methyl sites for hydroxylation is 1. The predicted molar refractivity (Wildman–Crippen MR) is 182 cm³/mol. The van der Waals surface area contributed by atoms with Gasteiger partial charge in [0.1, 0.15) is 33.0 Å². The fraction of sp³-hybridized carbons (Fsp3) is 0.545. The highest BCUT2D eigenvalue weighted by Crippen LogP contribution is 2.43. The number of methoxy groups -OCH3 is 1. The zero-order valence-electron chi connectivity index (χ0n) is 28.3. The summed E-state index contributed by atoms with van der Waals surface area (Å²) >= 11 is 1.10. The lowest BCUT2D eigenvalue weighted by molar-refractivity contribution is -0.126. The van der Waals surface area contributed by atoms with Crippen LogP contribution < -0.4 is 20.7 Å². The van der Waals surface area contributed by atoms with Crippen LogP contribution in [-0.2, 0) is 36.4 Å². The largest absolute Gasteiger partial charge is 0.496 e. The zero-order valence-corrected chi connectivity index (χ0v) is 30.0. The van der Waals surface area contributed by atoms with E-state index in [2.05, 4.69) is 14.9 Å². The number of amides is 1. The molecular weight excluding hydrogens is 692 g/mol. The molecule has 3 aromatic heterocycles. The molecule has 3 aliphatic rings. The van der Waals surface area contributed by atoms with E-state index in [4.69, 9.17) is 14.2 Å². The minimum atomic E-state index is -4.10. The number of halogens is 1. The van der Waals surface area contributed by atoms with Gasteiger partial charge in [0, 0.05) is 11.1 Å². The molecule has 1 N–H and O–H groups in total. The number of carbonyl (C=O) groups is 1. The number of hydrogen-bond acceptors (Lipinski definition) is 11. The molecule has 7 rings (SSSR count). The summed E-state index contributed by atoms with van der Waals surface area (Å²) in [5.74, 6) is -1.23. The van der Waals surface area contributed by atoms with Crippen molar-refractivity contribution in [3.63, 3.8) is 0 Å². The Labute approximate surface area is 291 Å². The third-order valence-corrected chi connectivity index (χ3v) is 13.7. The zero-order chi connectivity index (χ0) is 35.7. The molecule has 50 heavy (non-hydrogen) atoms. The van der Waals surface area contributed by atoms with Crippen molar-refractivity contribution in [2.75, 3.05) is 7.11 Å². The Kier molecular flexibility index (Phi) is 8.55. The van der Waals surface area contributed by atoms with Crippen molar-refractivity contribution in [2.24, 2.45) is 0 Å². The Morgan fingerprint density at radius 3 is 2.46 bits per heavy atom. The Bertz CT molecular complexity index is 2190. The maximum absolute atomic E-state index is 14.9. The summed E-state index contributed by atoms with van der Waals surface area (Å²) in [6.07, 6.45) is 5.60. The van der Waals surface area contributed by atoms with Gasteiger partial charge in [0.05, 0.1) is 54.5 Å². The molecule has 4 aromatic rings. The van der Waals surface area contributed by atoms with Crippen molar-refractivity contribution < 1.29 is 31.8 Å². The first-order valence-corrected chi connectivity index (χ1v) is 18.8.